The molecule has 1 aliphatic carbocycles. The lowest BCUT2D eigenvalue weighted by atomic mass is 9.94. The van der Waals surface area contributed by atoms with Gasteiger partial charge in [0.2, 0.25) is 0 Å². The van der Waals surface area contributed by atoms with E-state index in [1.165, 1.54) is 24.8 Å². The maximum atomic E-state index is 12.9. The van der Waals surface area contributed by atoms with Crippen molar-refractivity contribution in [3.05, 3.63) is 35.9 Å². The van der Waals surface area contributed by atoms with Gasteiger partial charge in [-0.15, -0.1) is 0 Å². The molecule has 4 nitrogen and oxygen atoms in total. The summed E-state index contributed by atoms with van der Waals surface area (Å²) in [5.41, 5.74) is 1.30. The van der Waals surface area contributed by atoms with Gasteiger partial charge in [-0.2, -0.15) is 0 Å². The number of ether oxygens (including phenoxy) is 1. The van der Waals surface area contributed by atoms with Crippen LogP contribution < -0.4 is 5.32 Å². The Morgan fingerprint density at radius 1 is 1.04 bits per heavy atom. The van der Waals surface area contributed by atoms with Crippen molar-refractivity contribution in [1.82, 2.24) is 10.2 Å². The zero-order chi connectivity index (χ0) is 16.6. The van der Waals surface area contributed by atoms with Gasteiger partial charge in [-0.05, 0) is 37.7 Å². The molecule has 1 saturated heterocycles. The molecule has 2 fully saturated rings. The number of hydrogen-bond acceptors (Lipinski definition) is 2. The second-order valence-electron chi connectivity index (χ2n) is 7.06. The molecule has 1 aliphatic heterocycles. The van der Waals surface area contributed by atoms with E-state index in [0.29, 0.717) is 6.04 Å². The number of amides is 2. The summed E-state index contributed by atoms with van der Waals surface area (Å²) in [5, 5.41) is 3.26. The van der Waals surface area contributed by atoms with Crippen LogP contribution in [0.1, 0.15) is 50.5 Å². The first kappa shape index (κ1) is 17.3. The minimum Gasteiger partial charge on any atom is -0.381 e. The molecule has 1 N–H and O–H groups in total. The Morgan fingerprint density at radius 3 is 2.46 bits per heavy atom. The van der Waals surface area contributed by atoms with Crippen molar-refractivity contribution >= 4 is 6.03 Å². The monoisotopic (exact) mass is 330 g/mol. The zero-order valence-corrected chi connectivity index (χ0v) is 14.6. The zero-order valence-electron chi connectivity index (χ0n) is 14.6. The third kappa shape index (κ3) is 4.97. The number of carbonyl (C=O) groups excluding carboxylic acids is 1. The third-order valence-electron chi connectivity index (χ3n) is 5.31. The minimum absolute atomic E-state index is 0.129. The van der Waals surface area contributed by atoms with Crippen molar-refractivity contribution in [3.8, 4) is 0 Å². The quantitative estimate of drug-likeness (QED) is 0.893. The summed E-state index contributed by atoms with van der Waals surface area (Å²) >= 11 is 0. The van der Waals surface area contributed by atoms with E-state index in [-0.39, 0.29) is 12.1 Å². The molecule has 0 bridgehead atoms. The minimum atomic E-state index is 0.129. The van der Waals surface area contributed by atoms with E-state index in [2.05, 4.69) is 34.5 Å². The summed E-state index contributed by atoms with van der Waals surface area (Å²) in [4.78, 5) is 15.0. The van der Waals surface area contributed by atoms with Crippen molar-refractivity contribution in [2.75, 3.05) is 19.8 Å². The average molecular weight is 330 g/mol. The fraction of sp³-hybridized carbons (Fsp3) is 0.650. The molecule has 4 heteroatoms. The molecular weight excluding hydrogens is 300 g/mol. The van der Waals surface area contributed by atoms with Gasteiger partial charge in [0, 0.05) is 31.8 Å². The highest BCUT2D eigenvalue weighted by Crippen LogP contribution is 2.23. The van der Waals surface area contributed by atoms with Crippen LogP contribution in [-0.2, 0) is 11.2 Å². The Balaban J connectivity index is 1.60. The molecule has 0 atom stereocenters. The molecule has 0 spiro atoms. The van der Waals surface area contributed by atoms with E-state index >= 15 is 0 Å². The Hall–Kier alpha value is -1.55. The molecule has 132 valence electrons. The van der Waals surface area contributed by atoms with E-state index in [9.17, 15) is 4.79 Å². The lowest BCUT2D eigenvalue weighted by molar-refractivity contribution is 0.0762. The first-order valence-electron chi connectivity index (χ1n) is 9.52. The normalized spacial score (nSPS) is 19.8. The Kier molecular flexibility index (Phi) is 6.53. The van der Waals surface area contributed by atoms with Gasteiger partial charge in [0.15, 0.2) is 0 Å². The summed E-state index contributed by atoms with van der Waals surface area (Å²) in [6.07, 6.45) is 8.90. The van der Waals surface area contributed by atoms with Crippen LogP contribution in [0, 0.1) is 0 Å². The fourth-order valence-electron chi connectivity index (χ4n) is 3.84. The third-order valence-corrected chi connectivity index (χ3v) is 5.31. The molecule has 2 amide bonds. The van der Waals surface area contributed by atoms with Gasteiger partial charge in [-0.3, -0.25) is 0 Å². The number of benzene rings is 1. The van der Waals surface area contributed by atoms with Crippen molar-refractivity contribution in [2.24, 2.45) is 0 Å². The standard InChI is InChI=1S/C20H30N2O2/c23-20(21-18-12-15-24-16-13-18)22(19-9-5-2-6-10-19)14-11-17-7-3-1-4-8-17/h1,3-4,7-8,18-19H,2,5-6,9-16H2,(H,21,23). The molecule has 1 saturated carbocycles. The SMILES string of the molecule is O=C(NC1CCOCC1)N(CCc1ccccc1)C1CCCCC1. The predicted octanol–water partition coefficient (Wildman–Crippen LogP) is 3.75. The van der Waals surface area contributed by atoms with Gasteiger partial charge >= 0.3 is 6.03 Å². The Labute approximate surface area is 145 Å². The number of nitrogens with zero attached hydrogens (tertiary/aromatic N) is 1. The maximum Gasteiger partial charge on any atom is 0.317 e. The van der Waals surface area contributed by atoms with E-state index in [1.807, 2.05) is 6.07 Å². The second kappa shape index (κ2) is 9.07. The molecule has 1 aromatic carbocycles. The second-order valence-corrected chi connectivity index (χ2v) is 7.06. The van der Waals surface area contributed by atoms with E-state index < -0.39 is 0 Å². The van der Waals surface area contributed by atoms with Crippen LogP contribution in [0.2, 0.25) is 0 Å². The van der Waals surface area contributed by atoms with Crippen LogP contribution in [0.25, 0.3) is 0 Å². The number of urea groups is 1. The largest absolute Gasteiger partial charge is 0.381 e. The molecule has 3 rings (SSSR count). The molecular formula is C20H30N2O2. The van der Waals surface area contributed by atoms with Crippen LogP contribution in [0.5, 0.6) is 0 Å². The lowest BCUT2D eigenvalue weighted by Gasteiger charge is -2.36. The van der Waals surface area contributed by atoms with Crippen LogP contribution in [-0.4, -0.2) is 42.8 Å². The maximum absolute atomic E-state index is 12.9. The number of hydrogen-bond donors (Lipinski definition) is 1. The van der Waals surface area contributed by atoms with Crippen molar-refractivity contribution in [2.45, 2.75) is 63.5 Å². The summed E-state index contributed by atoms with van der Waals surface area (Å²) < 4.78 is 5.40. The van der Waals surface area contributed by atoms with Gasteiger partial charge < -0.3 is 15.0 Å². The fourth-order valence-corrected chi connectivity index (χ4v) is 3.84. The molecule has 24 heavy (non-hydrogen) atoms. The number of nitrogens with one attached hydrogen (secondary N) is 1. The summed E-state index contributed by atoms with van der Waals surface area (Å²) in [6, 6.07) is 11.3. The van der Waals surface area contributed by atoms with Gasteiger partial charge in [-0.25, -0.2) is 4.79 Å². The summed E-state index contributed by atoms with van der Waals surface area (Å²) in [6.45, 7) is 2.33. The Bertz CT molecular complexity index is 494. The highest BCUT2D eigenvalue weighted by Gasteiger charge is 2.27. The number of rotatable bonds is 5. The summed E-state index contributed by atoms with van der Waals surface area (Å²) in [5.74, 6) is 0. The molecule has 0 unspecified atom stereocenters. The predicted molar refractivity (Wildman–Crippen MR) is 96.1 cm³/mol. The van der Waals surface area contributed by atoms with Gasteiger partial charge in [-0.1, -0.05) is 49.6 Å². The van der Waals surface area contributed by atoms with Crippen molar-refractivity contribution < 1.29 is 9.53 Å². The van der Waals surface area contributed by atoms with E-state index in [1.54, 1.807) is 0 Å². The van der Waals surface area contributed by atoms with E-state index in [0.717, 1.165) is 51.9 Å². The van der Waals surface area contributed by atoms with Crippen LogP contribution >= 0.6 is 0 Å². The van der Waals surface area contributed by atoms with Crippen LogP contribution in [0.4, 0.5) is 4.79 Å². The first-order chi connectivity index (χ1) is 11.8. The van der Waals surface area contributed by atoms with Gasteiger partial charge in [0.25, 0.3) is 0 Å². The average Bonchev–Trinajstić information content (AvgIpc) is 2.64. The molecule has 0 radical (unpaired) electrons. The van der Waals surface area contributed by atoms with Crippen molar-refractivity contribution in [1.29, 1.82) is 0 Å². The van der Waals surface area contributed by atoms with Crippen LogP contribution in [0.15, 0.2) is 30.3 Å². The van der Waals surface area contributed by atoms with Gasteiger partial charge in [0.05, 0.1) is 0 Å². The summed E-state index contributed by atoms with van der Waals surface area (Å²) in [7, 11) is 0. The molecule has 0 aromatic heterocycles. The van der Waals surface area contributed by atoms with Crippen molar-refractivity contribution in [3.63, 3.8) is 0 Å². The topological polar surface area (TPSA) is 41.6 Å². The molecule has 2 aliphatic rings. The number of carbonyl (C=O) groups is 1. The molecule has 1 aromatic rings. The lowest BCUT2D eigenvalue weighted by Crippen LogP contribution is -2.51. The van der Waals surface area contributed by atoms with E-state index in [4.69, 9.17) is 4.74 Å². The smallest absolute Gasteiger partial charge is 0.317 e. The van der Waals surface area contributed by atoms with Crippen LogP contribution in [0.3, 0.4) is 0 Å². The Morgan fingerprint density at radius 2 is 1.75 bits per heavy atom. The first-order valence-corrected chi connectivity index (χ1v) is 9.52. The van der Waals surface area contributed by atoms with Gasteiger partial charge in [0.1, 0.15) is 0 Å². The highest BCUT2D eigenvalue weighted by molar-refractivity contribution is 5.75. The molecule has 1 heterocycles. The highest BCUT2D eigenvalue weighted by atomic mass is 16.5.